The molecule has 0 heterocycles. The van der Waals surface area contributed by atoms with Crippen LogP contribution in [0.15, 0.2) is 0 Å². The second-order valence-corrected chi connectivity index (χ2v) is 3.92. The first-order valence-electron chi connectivity index (χ1n) is 3.17. The molecule has 0 aliphatic carbocycles. The predicted molar refractivity (Wildman–Crippen MR) is 37.2 cm³/mol. The fourth-order valence-corrected chi connectivity index (χ4v) is 0.780. The van der Waals surface area contributed by atoms with E-state index in [9.17, 15) is 27.7 Å². The zero-order chi connectivity index (χ0) is 10.6. The summed E-state index contributed by atoms with van der Waals surface area (Å²) in [5, 5.41) is 9.73. The minimum atomic E-state index is -4.73. The Morgan fingerprint density at radius 2 is 1.73 bits per heavy atom. The maximum atomic E-state index is 10.7. The molecule has 0 bridgehead atoms. The molecule has 0 saturated carbocycles. The van der Waals surface area contributed by atoms with Crippen molar-refractivity contribution in [2.75, 3.05) is 6.54 Å². The van der Waals surface area contributed by atoms with Gasteiger partial charge in [0.1, 0.15) is 15.4 Å². The Morgan fingerprint density at radius 3 is 2.00 bits per heavy atom. The SMILES string of the molecule is CC(C(=O)NCC(=O)[O-])S(=O)(=O)[O-].[Na+].[Na+]. The molecule has 10 heteroatoms. The molecule has 0 aromatic carbocycles. The molecule has 0 radical (unpaired) electrons. The average Bonchev–Trinajstić information content (AvgIpc) is 1.96. The number of nitrogens with one attached hydrogen (secondary N) is 1. The number of aliphatic carboxylic acids is 1. The molecule has 7 nitrogen and oxygen atoms in total. The van der Waals surface area contributed by atoms with Gasteiger partial charge in [-0.05, 0) is 6.92 Å². The summed E-state index contributed by atoms with van der Waals surface area (Å²) < 4.78 is 30.7. The van der Waals surface area contributed by atoms with Gasteiger partial charge in [0.05, 0.1) is 12.5 Å². The maximum absolute atomic E-state index is 10.7. The molecule has 1 amide bonds. The van der Waals surface area contributed by atoms with E-state index in [1.165, 1.54) is 0 Å². The molecule has 0 spiro atoms. The van der Waals surface area contributed by atoms with Gasteiger partial charge >= 0.3 is 59.1 Å². The Hall–Kier alpha value is 0.850. The summed E-state index contributed by atoms with van der Waals surface area (Å²) >= 11 is 0. The molecule has 15 heavy (non-hydrogen) atoms. The van der Waals surface area contributed by atoms with Crippen molar-refractivity contribution in [3.8, 4) is 0 Å². The Balaban J connectivity index is -0.000000720. The van der Waals surface area contributed by atoms with Gasteiger partial charge in [0, 0.05) is 0 Å². The minimum Gasteiger partial charge on any atom is -0.747 e. The van der Waals surface area contributed by atoms with E-state index in [-0.39, 0.29) is 59.1 Å². The average molecular weight is 255 g/mol. The third kappa shape index (κ3) is 9.76. The van der Waals surface area contributed by atoms with Gasteiger partial charge in [-0.1, -0.05) is 0 Å². The standard InChI is InChI=1S/C5H9NO6S.2Na/c1-3(13(10,11)12)5(9)6-2-4(7)8;;/h3H,2H2,1H3,(H,6,9)(H,7,8)(H,10,11,12);;/q;2*+1/p-2. The van der Waals surface area contributed by atoms with Crippen LogP contribution < -0.4 is 69.5 Å². The summed E-state index contributed by atoms with van der Waals surface area (Å²) in [7, 11) is -4.73. The first-order chi connectivity index (χ1) is 5.75. The molecule has 76 valence electrons. The van der Waals surface area contributed by atoms with Crippen molar-refractivity contribution in [3.63, 3.8) is 0 Å². The van der Waals surface area contributed by atoms with Gasteiger partial charge in [0.15, 0.2) is 0 Å². The summed E-state index contributed by atoms with van der Waals surface area (Å²) in [6.07, 6.45) is 0. The van der Waals surface area contributed by atoms with Crippen molar-refractivity contribution < 1.29 is 86.8 Å². The molecule has 0 aliphatic rings. The molecule has 0 rings (SSSR count). The topological polar surface area (TPSA) is 126 Å². The Kier molecular flexibility index (Phi) is 12.6. The number of hydrogen-bond donors (Lipinski definition) is 1. The zero-order valence-corrected chi connectivity index (χ0v) is 13.5. The predicted octanol–water partition coefficient (Wildman–Crippen LogP) is -9.21. The van der Waals surface area contributed by atoms with Gasteiger partial charge in [0.25, 0.3) is 0 Å². The number of hydrogen-bond acceptors (Lipinski definition) is 6. The molecule has 0 fully saturated rings. The number of carbonyl (C=O) groups is 2. The van der Waals surface area contributed by atoms with Crippen LogP contribution >= 0.6 is 0 Å². The molecule has 0 aromatic heterocycles. The molecule has 1 unspecified atom stereocenters. The molecule has 0 saturated heterocycles. The first kappa shape index (κ1) is 21.2. The summed E-state index contributed by atoms with van der Waals surface area (Å²) in [5.74, 6) is -2.72. The van der Waals surface area contributed by atoms with E-state index in [1.54, 1.807) is 5.32 Å². The van der Waals surface area contributed by atoms with Crippen LogP contribution in [0, 0.1) is 0 Å². The van der Waals surface area contributed by atoms with Crippen LogP contribution in [0.25, 0.3) is 0 Å². The quantitative estimate of drug-likeness (QED) is 0.392. The fourth-order valence-electron chi connectivity index (χ4n) is 0.434. The summed E-state index contributed by atoms with van der Waals surface area (Å²) in [5.41, 5.74) is 0. The third-order valence-corrected chi connectivity index (χ3v) is 2.29. The van der Waals surface area contributed by atoms with Crippen LogP contribution in [0.3, 0.4) is 0 Å². The number of carboxylic acids is 1. The number of amides is 1. The summed E-state index contributed by atoms with van der Waals surface area (Å²) in [6.45, 7) is 0.0473. The molecule has 1 N–H and O–H groups in total. The van der Waals surface area contributed by atoms with Crippen molar-refractivity contribution in [2.45, 2.75) is 12.2 Å². The van der Waals surface area contributed by atoms with Crippen molar-refractivity contribution in [2.24, 2.45) is 0 Å². The fraction of sp³-hybridized carbons (Fsp3) is 0.600. The van der Waals surface area contributed by atoms with Gasteiger partial charge in [-0.25, -0.2) is 8.42 Å². The van der Waals surface area contributed by atoms with E-state index >= 15 is 0 Å². The van der Waals surface area contributed by atoms with Crippen LogP contribution in [0.1, 0.15) is 6.92 Å². The van der Waals surface area contributed by atoms with Crippen LogP contribution in [0.5, 0.6) is 0 Å². The van der Waals surface area contributed by atoms with Crippen LogP contribution in [0.2, 0.25) is 0 Å². The van der Waals surface area contributed by atoms with E-state index in [0.29, 0.717) is 0 Å². The van der Waals surface area contributed by atoms with Gasteiger partial charge in [-0.2, -0.15) is 0 Å². The van der Waals surface area contributed by atoms with Crippen molar-refractivity contribution in [3.05, 3.63) is 0 Å². The molecule has 0 aliphatic heterocycles. The van der Waals surface area contributed by atoms with Gasteiger partial charge < -0.3 is 19.8 Å². The summed E-state index contributed by atoms with van der Waals surface area (Å²) in [4.78, 5) is 20.5. The van der Waals surface area contributed by atoms with E-state index in [1.807, 2.05) is 0 Å². The van der Waals surface area contributed by atoms with E-state index < -0.39 is 33.8 Å². The van der Waals surface area contributed by atoms with Crippen molar-refractivity contribution in [1.82, 2.24) is 5.32 Å². The second-order valence-electron chi connectivity index (χ2n) is 2.22. The molecule has 1 atom stereocenters. The van der Waals surface area contributed by atoms with Crippen LogP contribution in [-0.2, 0) is 19.7 Å². The number of rotatable bonds is 4. The smallest absolute Gasteiger partial charge is 0.747 e. The van der Waals surface area contributed by atoms with Crippen molar-refractivity contribution >= 4 is 22.0 Å². The normalized spacial score (nSPS) is 11.6. The monoisotopic (exact) mass is 255 g/mol. The summed E-state index contributed by atoms with van der Waals surface area (Å²) in [6, 6.07) is 0. The van der Waals surface area contributed by atoms with Gasteiger partial charge in [-0.15, -0.1) is 0 Å². The van der Waals surface area contributed by atoms with Gasteiger partial charge in [-0.3, -0.25) is 4.79 Å². The van der Waals surface area contributed by atoms with Crippen molar-refractivity contribution in [1.29, 1.82) is 0 Å². The second kappa shape index (κ2) is 8.94. The van der Waals surface area contributed by atoms with Gasteiger partial charge in [0.2, 0.25) is 5.91 Å². The third-order valence-electron chi connectivity index (χ3n) is 1.21. The van der Waals surface area contributed by atoms with Crippen LogP contribution in [0.4, 0.5) is 0 Å². The molecular formula is C5H7NNa2O6S. The van der Waals surface area contributed by atoms with E-state index in [2.05, 4.69) is 0 Å². The largest absolute Gasteiger partial charge is 1.00 e. The maximum Gasteiger partial charge on any atom is 1.00 e. The number of carbonyl (C=O) groups excluding carboxylic acids is 2. The Morgan fingerprint density at radius 1 is 1.33 bits per heavy atom. The minimum absolute atomic E-state index is 0. The number of carboxylic acid groups (broad SMARTS) is 1. The molecule has 0 aromatic rings. The Bertz CT molecular complexity index is 315. The van der Waals surface area contributed by atoms with E-state index in [0.717, 1.165) is 6.92 Å². The Labute approximate surface area is 131 Å². The molecular weight excluding hydrogens is 248 g/mol. The zero-order valence-electron chi connectivity index (χ0n) is 8.64. The van der Waals surface area contributed by atoms with Crippen LogP contribution in [-0.4, -0.2) is 36.6 Å². The van der Waals surface area contributed by atoms with E-state index in [4.69, 9.17) is 0 Å². The first-order valence-corrected chi connectivity index (χ1v) is 4.64.